The van der Waals surface area contributed by atoms with Gasteiger partial charge < -0.3 is 4.42 Å². The molecule has 0 aliphatic carbocycles. The van der Waals surface area contributed by atoms with Crippen molar-refractivity contribution >= 4 is 32.7 Å². The molecule has 0 amide bonds. The molecule has 0 atom stereocenters. The zero-order valence-corrected chi connectivity index (χ0v) is 24.3. The van der Waals surface area contributed by atoms with Gasteiger partial charge >= 0.3 is 0 Å². The smallest absolute Gasteiger partial charge is 0.164 e. The molecule has 47 heavy (non-hydrogen) atoms. The number of furan rings is 1. The van der Waals surface area contributed by atoms with E-state index in [0.29, 0.717) is 22.3 Å². The fourth-order valence-corrected chi connectivity index (χ4v) is 5.60. The molecule has 4 heteroatoms. The first-order valence-electron chi connectivity index (χ1n) is 21.1. The van der Waals surface area contributed by atoms with Crippen LogP contribution in [0.2, 0.25) is 0 Å². The van der Waals surface area contributed by atoms with E-state index in [4.69, 9.17) is 35.8 Å². The average molecular weight is 615 g/mol. The highest BCUT2D eigenvalue weighted by Crippen LogP contribution is 2.40. The Kier molecular flexibility index (Phi) is 4.00. The van der Waals surface area contributed by atoms with E-state index >= 15 is 0 Å². The van der Waals surface area contributed by atoms with E-state index < -0.39 is 60.4 Å². The lowest BCUT2D eigenvalue weighted by atomic mass is 9.97. The van der Waals surface area contributed by atoms with Crippen molar-refractivity contribution in [1.29, 1.82) is 0 Å². The highest BCUT2D eigenvalue weighted by molar-refractivity contribution is 6.15. The van der Waals surface area contributed by atoms with Crippen LogP contribution in [0.5, 0.6) is 0 Å². The highest BCUT2D eigenvalue weighted by Gasteiger charge is 2.19. The molecule has 9 aromatic rings. The van der Waals surface area contributed by atoms with Crippen LogP contribution in [0.25, 0.3) is 89.1 Å². The van der Waals surface area contributed by atoms with Crippen LogP contribution >= 0.6 is 0 Å². The summed E-state index contributed by atoms with van der Waals surface area (Å²) in [5.74, 6) is 0.169. The Morgan fingerprint density at radius 3 is 1.74 bits per heavy atom. The second-order valence-electron chi connectivity index (χ2n) is 10.6. The number of benzene rings is 7. The number of aromatic nitrogens is 3. The fourth-order valence-electron chi connectivity index (χ4n) is 5.60. The maximum atomic E-state index is 9.21. The van der Waals surface area contributed by atoms with Crippen LogP contribution < -0.4 is 0 Å². The summed E-state index contributed by atoms with van der Waals surface area (Å²) in [5.41, 5.74) is 1.93. The summed E-state index contributed by atoms with van der Waals surface area (Å²) in [5, 5.41) is -0.120. The minimum atomic E-state index is -0.553. The van der Waals surface area contributed by atoms with Gasteiger partial charge in [0.2, 0.25) is 0 Å². The molecule has 9 rings (SSSR count). The largest absolute Gasteiger partial charge is 0.455 e. The Balaban J connectivity index is 1.31. The summed E-state index contributed by atoms with van der Waals surface area (Å²) in [6.45, 7) is 0. The first kappa shape index (κ1) is 16.8. The molecule has 0 spiro atoms. The van der Waals surface area contributed by atoms with Crippen molar-refractivity contribution in [1.82, 2.24) is 15.0 Å². The van der Waals surface area contributed by atoms with E-state index in [1.54, 1.807) is 78.9 Å². The number of rotatable bonds is 5. The van der Waals surface area contributed by atoms with Crippen molar-refractivity contribution in [3.05, 3.63) is 163 Å². The molecule has 7 aromatic carbocycles. The van der Waals surface area contributed by atoms with Gasteiger partial charge in [-0.25, -0.2) is 15.0 Å². The molecule has 0 bridgehead atoms. The quantitative estimate of drug-likeness (QED) is 0.193. The molecule has 4 nitrogen and oxygen atoms in total. The van der Waals surface area contributed by atoms with Crippen molar-refractivity contribution < 1.29 is 22.2 Å². The first-order chi connectivity index (χ1) is 28.7. The molecule has 0 aliphatic rings. The van der Waals surface area contributed by atoms with Crippen LogP contribution in [0.3, 0.4) is 0 Å². The third-order valence-corrected chi connectivity index (χ3v) is 7.82. The fraction of sp³-hybridized carbons (Fsp3) is 0. The lowest BCUT2D eigenvalue weighted by Crippen LogP contribution is -2.00. The van der Waals surface area contributed by atoms with Crippen LogP contribution in [0.15, 0.2) is 168 Å². The minimum absolute atomic E-state index is 0.0375. The molecule has 0 N–H and O–H groups in total. The van der Waals surface area contributed by atoms with Gasteiger partial charge in [-0.3, -0.25) is 0 Å². The van der Waals surface area contributed by atoms with Crippen LogP contribution in [0.4, 0.5) is 0 Å². The lowest BCUT2D eigenvalue weighted by Gasteiger charge is -2.10. The van der Waals surface area contributed by atoms with Crippen molar-refractivity contribution in [2.24, 2.45) is 0 Å². The average Bonchev–Trinajstić information content (AvgIpc) is 3.65. The standard InChI is InChI=1S/C43H27N3O/c1-3-12-29(13-4-1)35-20-10-21-36-39-37(22-11-23-38(39)47-40(35)36)43-45-41(31-15-5-2-6-16-31)44-42(46-43)32-26-24-30(25-27-32)34-19-9-17-28-14-7-8-18-33(28)34/h1-27H/i7D,8D,9D,10D,11D,14D,17D,18D,19D,20D,21D,22D,23D. The minimum Gasteiger partial charge on any atom is -0.455 e. The maximum absolute atomic E-state index is 9.21. The van der Waals surface area contributed by atoms with Crippen molar-refractivity contribution in [2.45, 2.75) is 0 Å². The van der Waals surface area contributed by atoms with Crippen LogP contribution in [-0.2, 0) is 0 Å². The summed E-state index contributed by atoms with van der Waals surface area (Å²) >= 11 is 0. The molecule has 2 heterocycles. The Hall–Kier alpha value is -6.39. The maximum Gasteiger partial charge on any atom is 0.164 e. The summed E-state index contributed by atoms with van der Waals surface area (Å²) in [6, 6.07) is 18.3. The number of para-hydroxylation sites is 1. The van der Waals surface area contributed by atoms with Crippen LogP contribution in [0.1, 0.15) is 17.8 Å². The van der Waals surface area contributed by atoms with Crippen molar-refractivity contribution in [3.8, 4) is 56.4 Å². The van der Waals surface area contributed by atoms with E-state index in [-0.39, 0.29) is 85.0 Å². The molecular formula is C43H27N3O. The Bertz CT molecular complexity index is 3280. The van der Waals surface area contributed by atoms with Crippen molar-refractivity contribution in [2.75, 3.05) is 0 Å². The molecule has 0 aliphatic heterocycles. The molecule has 220 valence electrons. The van der Waals surface area contributed by atoms with Gasteiger partial charge in [-0.15, -0.1) is 0 Å². The second-order valence-corrected chi connectivity index (χ2v) is 10.6. The second kappa shape index (κ2) is 11.2. The van der Waals surface area contributed by atoms with Gasteiger partial charge in [0.1, 0.15) is 11.2 Å². The molecule has 0 saturated carbocycles. The third kappa shape index (κ3) is 4.75. The molecular weight excluding hydrogens is 574 g/mol. The van der Waals surface area contributed by atoms with E-state index in [1.165, 1.54) is 0 Å². The summed E-state index contributed by atoms with van der Waals surface area (Å²) in [6.07, 6.45) is 0. The molecule has 0 radical (unpaired) electrons. The topological polar surface area (TPSA) is 51.8 Å². The molecule has 0 fully saturated rings. The number of hydrogen-bond donors (Lipinski definition) is 0. The van der Waals surface area contributed by atoms with Gasteiger partial charge in [0.05, 0.1) is 17.8 Å². The summed E-state index contributed by atoms with van der Waals surface area (Å²) in [4.78, 5) is 14.3. The van der Waals surface area contributed by atoms with Gasteiger partial charge in [-0.1, -0.05) is 157 Å². The van der Waals surface area contributed by atoms with E-state index in [9.17, 15) is 1.37 Å². The number of hydrogen-bond acceptors (Lipinski definition) is 4. The first-order valence-corrected chi connectivity index (χ1v) is 14.6. The van der Waals surface area contributed by atoms with Crippen molar-refractivity contribution in [3.63, 3.8) is 0 Å². The third-order valence-electron chi connectivity index (χ3n) is 7.82. The number of nitrogens with zero attached hydrogens (tertiary/aromatic N) is 3. The lowest BCUT2D eigenvalue weighted by molar-refractivity contribution is 0.670. The van der Waals surface area contributed by atoms with E-state index in [1.807, 2.05) is 6.07 Å². The van der Waals surface area contributed by atoms with Gasteiger partial charge in [0.15, 0.2) is 17.5 Å². The zero-order valence-electron chi connectivity index (χ0n) is 37.3. The predicted molar refractivity (Wildman–Crippen MR) is 192 cm³/mol. The van der Waals surface area contributed by atoms with Gasteiger partial charge in [0, 0.05) is 33.0 Å². The highest BCUT2D eigenvalue weighted by atomic mass is 16.3. The van der Waals surface area contributed by atoms with Crippen LogP contribution in [-0.4, -0.2) is 15.0 Å². The Morgan fingerprint density at radius 2 is 0.957 bits per heavy atom. The number of fused-ring (bicyclic) bond motifs is 4. The molecule has 0 unspecified atom stereocenters. The monoisotopic (exact) mass is 614 g/mol. The molecule has 2 aromatic heterocycles. The molecule has 0 saturated heterocycles. The Morgan fingerprint density at radius 1 is 0.426 bits per heavy atom. The van der Waals surface area contributed by atoms with Crippen LogP contribution in [0, 0.1) is 0 Å². The SMILES string of the molecule is [2H]c1c([2H])c(-c2nc(-c3ccccc3)nc(-c3ccc(-c4c([2H])c([2H])c([2H])c5c([2H])c([2H])c([2H])c([2H])c45)cc3)n2)c2c(oc3c(-c4ccccc4)c([2H])c([2H])c([2H])c32)c1[2H]. The Labute approximate surface area is 289 Å². The van der Waals surface area contributed by atoms with E-state index in [2.05, 4.69) is 0 Å². The van der Waals surface area contributed by atoms with Gasteiger partial charge in [-0.05, 0) is 33.5 Å². The van der Waals surface area contributed by atoms with Gasteiger partial charge in [-0.2, -0.15) is 0 Å². The zero-order chi connectivity index (χ0) is 42.5. The predicted octanol–water partition coefficient (Wildman–Crippen LogP) is 11.3. The normalized spacial score (nSPS) is 15.3. The van der Waals surface area contributed by atoms with E-state index in [0.717, 1.165) is 0 Å². The van der Waals surface area contributed by atoms with Gasteiger partial charge in [0.25, 0.3) is 0 Å². The summed E-state index contributed by atoms with van der Waals surface area (Å²) in [7, 11) is 0. The summed E-state index contributed by atoms with van der Waals surface area (Å²) < 4.78 is 119.